The SMILES string of the molecule is CCOc1cc(NC(C)CC2CC2)ccc1[N+](=O)[O-]. The lowest BCUT2D eigenvalue weighted by molar-refractivity contribution is -0.385. The second-order valence-corrected chi connectivity index (χ2v) is 5.10. The number of nitrogens with zero attached hydrogens (tertiary/aromatic N) is 1. The summed E-state index contributed by atoms with van der Waals surface area (Å²) in [6.07, 6.45) is 3.81. The Labute approximate surface area is 113 Å². The molecule has 1 aliphatic rings. The van der Waals surface area contributed by atoms with Crippen molar-refractivity contribution in [1.82, 2.24) is 0 Å². The Morgan fingerprint density at radius 2 is 2.26 bits per heavy atom. The molecule has 0 radical (unpaired) electrons. The summed E-state index contributed by atoms with van der Waals surface area (Å²) in [6, 6.07) is 5.33. The van der Waals surface area contributed by atoms with Crippen molar-refractivity contribution in [1.29, 1.82) is 0 Å². The fraction of sp³-hybridized carbons (Fsp3) is 0.571. The van der Waals surface area contributed by atoms with Crippen LogP contribution >= 0.6 is 0 Å². The van der Waals surface area contributed by atoms with Crippen molar-refractivity contribution in [3.63, 3.8) is 0 Å². The molecule has 1 atom stereocenters. The van der Waals surface area contributed by atoms with Crippen LogP contribution in [-0.4, -0.2) is 17.6 Å². The smallest absolute Gasteiger partial charge is 0.311 e. The highest BCUT2D eigenvalue weighted by atomic mass is 16.6. The quantitative estimate of drug-likeness (QED) is 0.603. The lowest BCUT2D eigenvalue weighted by atomic mass is 10.1. The number of nitro groups is 1. The van der Waals surface area contributed by atoms with Gasteiger partial charge in [-0.2, -0.15) is 0 Å². The molecule has 5 heteroatoms. The summed E-state index contributed by atoms with van der Waals surface area (Å²) in [5.74, 6) is 1.18. The summed E-state index contributed by atoms with van der Waals surface area (Å²) in [5.41, 5.74) is 0.893. The van der Waals surface area contributed by atoms with Crippen molar-refractivity contribution in [2.45, 2.75) is 39.2 Å². The van der Waals surface area contributed by atoms with Gasteiger partial charge >= 0.3 is 5.69 Å². The van der Waals surface area contributed by atoms with Crippen LogP contribution in [0.2, 0.25) is 0 Å². The van der Waals surface area contributed by atoms with Gasteiger partial charge in [0.05, 0.1) is 11.5 Å². The largest absolute Gasteiger partial charge is 0.487 e. The molecule has 1 saturated carbocycles. The minimum Gasteiger partial charge on any atom is -0.487 e. The van der Waals surface area contributed by atoms with Crippen LogP contribution in [0, 0.1) is 16.0 Å². The average molecular weight is 264 g/mol. The first-order valence-electron chi connectivity index (χ1n) is 6.78. The van der Waals surface area contributed by atoms with E-state index in [-0.39, 0.29) is 5.69 Å². The lowest BCUT2D eigenvalue weighted by Gasteiger charge is -2.15. The zero-order valence-corrected chi connectivity index (χ0v) is 11.4. The zero-order chi connectivity index (χ0) is 13.8. The van der Waals surface area contributed by atoms with Gasteiger partial charge < -0.3 is 10.1 Å². The second kappa shape index (κ2) is 5.91. The van der Waals surface area contributed by atoms with Gasteiger partial charge in [-0.15, -0.1) is 0 Å². The Morgan fingerprint density at radius 1 is 1.53 bits per heavy atom. The molecule has 104 valence electrons. The van der Waals surface area contributed by atoms with E-state index in [0.717, 1.165) is 18.0 Å². The molecule has 19 heavy (non-hydrogen) atoms. The average Bonchev–Trinajstić information content (AvgIpc) is 3.13. The van der Waals surface area contributed by atoms with Gasteiger partial charge in [0.25, 0.3) is 0 Å². The molecule has 1 aromatic carbocycles. The number of benzene rings is 1. The Hall–Kier alpha value is -1.78. The number of nitro benzene ring substituents is 1. The van der Waals surface area contributed by atoms with Gasteiger partial charge in [-0.05, 0) is 32.3 Å². The molecule has 5 nitrogen and oxygen atoms in total. The topological polar surface area (TPSA) is 64.4 Å². The maximum Gasteiger partial charge on any atom is 0.311 e. The third-order valence-electron chi connectivity index (χ3n) is 3.25. The molecular weight excluding hydrogens is 244 g/mol. The second-order valence-electron chi connectivity index (χ2n) is 5.10. The monoisotopic (exact) mass is 264 g/mol. The molecule has 0 saturated heterocycles. The summed E-state index contributed by atoms with van der Waals surface area (Å²) in [7, 11) is 0. The zero-order valence-electron chi connectivity index (χ0n) is 11.4. The summed E-state index contributed by atoms with van der Waals surface area (Å²) >= 11 is 0. The third kappa shape index (κ3) is 3.84. The number of anilines is 1. The summed E-state index contributed by atoms with van der Waals surface area (Å²) in [4.78, 5) is 10.5. The van der Waals surface area contributed by atoms with E-state index in [9.17, 15) is 10.1 Å². The van der Waals surface area contributed by atoms with Crippen LogP contribution < -0.4 is 10.1 Å². The highest BCUT2D eigenvalue weighted by Crippen LogP contribution is 2.35. The van der Waals surface area contributed by atoms with E-state index in [0.29, 0.717) is 18.4 Å². The van der Waals surface area contributed by atoms with Crippen LogP contribution in [0.4, 0.5) is 11.4 Å². The first kappa shape index (κ1) is 13.6. The van der Waals surface area contributed by atoms with Crippen LogP contribution in [0.15, 0.2) is 18.2 Å². The van der Waals surface area contributed by atoms with Gasteiger partial charge in [0, 0.05) is 23.9 Å². The van der Waals surface area contributed by atoms with Gasteiger partial charge in [-0.1, -0.05) is 12.8 Å². The highest BCUT2D eigenvalue weighted by Gasteiger charge is 2.23. The maximum absolute atomic E-state index is 10.9. The van der Waals surface area contributed by atoms with Crippen molar-refractivity contribution in [2.75, 3.05) is 11.9 Å². The fourth-order valence-corrected chi connectivity index (χ4v) is 2.22. The van der Waals surface area contributed by atoms with Gasteiger partial charge in [0.1, 0.15) is 0 Å². The van der Waals surface area contributed by atoms with E-state index >= 15 is 0 Å². The van der Waals surface area contributed by atoms with Crippen LogP contribution in [0.5, 0.6) is 5.75 Å². The van der Waals surface area contributed by atoms with Crippen molar-refractivity contribution in [2.24, 2.45) is 5.92 Å². The Kier molecular flexibility index (Phi) is 4.24. The molecule has 2 rings (SSSR count). The van der Waals surface area contributed by atoms with Crippen LogP contribution in [0.25, 0.3) is 0 Å². The molecule has 0 spiro atoms. The Bertz CT molecular complexity index is 458. The van der Waals surface area contributed by atoms with Crippen LogP contribution in [0.3, 0.4) is 0 Å². The summed E-state index contributed by atoms with van der Waals surface area (Å²) < 4.78 is 5.33. The minimum atomic E-state index is -0.414. The fourth-order valence-electron chi connectivity index (χ4n) is 2.22. The Morgan fingerprint density at radius 3 is 2.84 bits per heavy atom. The van der Waals surface area contributed by atoms with Crippen LogP contribution in [-0.2, 0) is 0 Å². The molecule has 1 unspecified atom stereocenters. The number of ether oxygens (including phenoxy) is 1. The molecule has 1 aromatic rings. The normalized spacial score (nSPS) is 15.9. The first-order chi connectivity index (χ1) is 9.10. The summed E-state index contributed by atoms with van der Waals surface area (Å²) in [5, 5.41) is 14.3. The molecule has 1 N–H and O–H groups in total. The number of rotatable bonds is 7. The molecule has 0 bridgehead atoms. The van der Waals surface area contributed by atoms with E-state index in [1.54, 1.807) is 12.1 Å². The summed E-state index contributed by atoms with van der Waals surface area (Å²) in [6.45, 7) is 4.38. The van der Waals surface area contributed by atoms with E-state index in [2.05, 4.69) is 12.2 Å². The predicted molar refractivity (Wildman–Crippen MR) is 74.7 cm³/mol. The van der Waals surface area contributed by atoms with E-state index in [4.69, 9.17) is 4.74 Å². The molecule has 0 aliphatic heterocycles. The highest BCUT2D eigenvalue weighted by molar-refractivity contribution is 5.58. The van der Waals surface area contributed by atoms with Crippen molar-refractivity contribution < 1.29 is 9.66 Å². The molecule has 1 aliphatic carbocycles. The van der Waals surface area contributed by atoms with Crippen LogP contribution in [0.1, 0.15) is 33.1 Å². The van der Waals surface area contributed by atoms with Crippen molar-refractivity contribution >= 4 is 11.4 Å². The molecule has 0 heterocycles. The van der Waals surface area contributed by atoms with E-state index in [1.165, 1.54) is 18.9 Å². The van der Waals surface area contributed by atoms with Gasteiger partial charge in [0.15, 0.2) is 5.75 Å². The molecular formula is C14H20N2O3. The molecule has 1 fully saturated rings. The maximum atomic E-state index is 10.9. The number of nitrogens with one attached hydrogen (secondary N) is 1. The number of hydrogen-bond donors (Lipinski definition) is 1. The standard InChI is InChI=1S/C14H20N2O3/c1-3-19-14-9-12(6-7-13(14)16(17)18)15-10(2)8-11-4-5-11/h6-7,9-11,15H,3-5,8H2,1-2H3. The predicted octanol–water partition coefficient (Wildman–Crippen LogP) is 3.59. The van der Waals surface area contributed by atoms with Crippen molar-refractivity contribution in [3.8, 4) is 5.75 Å². The number of hydrogen-bond acceptors (Lipinski definition) is 4. The van der Waals surface area contributed by atoms with Gasteiger partial charge in [-0.25, -0.2) is 0 Å². The van der Waals surface area contributed by atoms with Crippen molar-refractivity contribution in [3.05, 3.63) is 28.3 Å². The lowest BCUT2D eigenvalue weighted by Crippen LogP contribution is -2.15. The molecule has 0 aromatic heterocycles. The van der Waals surface area contributed by atoms with Gasteiger partial charge in [0.2, 0.25) is 0 Å². The first-order valence-corrected chi connectivity index (χ1v) is 6.78. The molecule has 0 amide bonds. The van der Waals surface area contributed by atoms with E-state index in [1.807, 2.05) is 6.92 Å². The van der Waals surface area contributed by atoms with E-state index < -0.39 is 4.92 Å². The Balaban J connectivity index is 2.07. The minimum absolute atomic E-state index is 0.0160. The van der Waals surface area contributed by atoms with Gasteiger partial charge in [-0.3, -0.25) is 10.1 Å². The third-order valence-corrected chi connectivity index (χ3v) is 3.25.